The maximum absolute atomic E-state index is 11.1. The van der Waals surface area contributed by atoms with Gasteiger partial charge < -0.3 is 9.84 Å². The number of nitrogens with zero attached hydrogens (tertiary/aromatic N) is 1. The molecule has 4 nitrogen and oxygen atoms in total. The third kappa shape index (κ3) is 3.92. The summed E-state index contributed by atoms with van der Waals surface area (Å²) < 4.78 is 5.70. The van der Waals surface area contributed by atoms with Gasteiger partial charge in [0.15, 0.2) is 0 Å². The molecule has 0 aliphatic heterocycles. The van der Waals surface area contributed by atoms with E-state index >= 15 is 0 Å². The molecular formula is C24H25NO3S. The summed E-state index contributed by atoms with van der Waals surface area (Å²) in [7, 11) is 1.75. The fraction of sp³-hybridized carbons (Fsp3) is 0.333. The Bertz CT molecular complexity index is 1020. The second kappa shape index (κ2) is 7.99. The first-order chi connectivity index (χ1) is 14.0. The summed E-state index contributed by atoms with van der Waals surface area (Å²) in [6.45, 7) is 2.36. The number of benzene rings is 2. The molecule has 0 radical (unpaired) electrons. The van der Waals surface area contributed by atoms with Gasteiger partial charge in [0.2, 0.25) is 0 Å². The van der Waals surface area contributed by atoms with Crippen molar-refractivity contribution in [2.75, 3.05) is 7.11 Å². The number of methoxy groups -OCH3 is 1. The zero-order valence-corrected chi connectivity index (χ0v) is 17.6. The summed E-state index contributed by atoms with van der Waals surface area (Å²) in [6, 6.07) is 13.3. The summed E-state index contributed by atoms with van der Waals surface area (Å²) in [5.41, 5.74) is 3.81. The Balaban J connectivity index is 1.67. The van der Waals surface area contributed by atoms with Crippen LogP contribution in [0.4, 0.5) is 0 Å². The largest absolute Gasteiger partial charge is 0.496 e. The summed E-state index contributed by atoms with van der Waals surface area (Å²) in [5, 5.41) is 9.96. The van der Waals surface area contributed by atoms with E-state index in [-0.39, 0.29) is 11.0 Å². The molecule has 3 aromatic rings. The Morgan fingerprint density at radius 3 is 2.41 bits per heavy atom. The van der Waals surface area contributed by atoms with E-state index in [4.69, 9.17) is 9.84 Å². The Labute approximate surface area is 175 Å². The maximum atomic E-state index is 11.1. The van der Waals surface area contributed by atoms with Crippen molar-refractivity contribution in [3.63, 3.8) is 0 Å². The molecule has 2 aromatic carbocycles. The van der Waals surface area contributed by atoms with E-state index in [0.29, 0.717) is 0 Å². The van der Waals surface area contributed by atoms with E-state index in [1.54, 1.807) is 30.6 Å². The highest BCUT2D eigenvalue weighted by Gasteiger charge is 2.31. The standard InChI is InChI=1S/C24H25NO3S/c1-24(12-4-3-5-13-24)19-14-18(10-11-20(19)28-2)21-15-25-22(29-21)16-6-8-17(9-7-16)23(26)27/h6-11,14-15H,3-5,12-13H2,1-2H3,(H,26,27). The highest BCUT2D eigenvalue weighted by molar-refractivity contribution is 7.18. The lowest BCUT2D eigenvalue weighted by Crippen LogP contribution is -2.25. The second-order valence-electron chi connectivity index (χ2n) is 7.95. The molecule has 0 spiro atoms. The van der Waals surface area contributed by atoms with Gasteiger partial charge in [-0.2, -0.15) is 0 Å². The quantitative estimate of drug-likeness (QED) is 0.531. The summed E-state index contributed by atoms with van der Waals surface area (Å²) in [4.78, 5) is 16.7. The molecule has 1 fully saturated rings. The molecule has 0 saturated heterocycles. The van der Waals surface area contributed by atoms with Crippen molar-refractivity contribution in [2.24, 2.45) is 0 Å². The van der Waals surface area contributed by atoms with E-state index in [1.807, 2.05) is 18.3 Å². The number of carbonyl (C=O) groups is 1. The molecule has 1 N–H and O–H groups in total. The number of aromatic carboxylic acids is 1. The predicted molar refractivity (Wildman–Crippen MR) is 117 cm³/mol. The van der Waals surface area contributed by atoms with Crippen molar-refractivity contribution in [1.29, 1.82) is 0 Å². The van der Waals surface area contributed by atoms with Crippen molar-refractivity contribution >= 4 is 17.3 Å². The molecule has 1 aliphatic rings. The molecule has 1 saturated carbocycles. The minimum absolute atomic E-state index is 0.153. The third-order valence-electron chi connectivity index (χ3n) is 5.98. The molecule has 0 bridgehead atoms. The zero-order chi connectivity index (χ0) is 20.4. The van der Waals surface area contributed by atoms with E-state index in [1.165, 1.54) is 37.7 Å². The van der Waals surface area contributed by atoms with E-state index in [0.717, 1.165) is 26.8 Å². The molecule has 1 aromatic heterocycles. The van der Waals surface area contributed by atoms with Crippen LogP contribution in [0.25, 0.3) is 21.0 Å². The first-order valence-electron chi connectivity index (χ1n) is 9.99. The van der Waals surface area contributed by atoms with Crippen LogP contribution >= 0.6 is 11.3 Å². The van der Waals surface area contributed by atoms with Crippen LogP contribution < -0.4 is 4.74 Å². The average molecular weight is 408 g/mol. The Hall–Kier alpha value is -2.66. The highest BCUT2D eigenvalue weighted by Crippen LogP contribution is 2.45. The number of thiazole rings is 1. The van der Waals surface area contributed by atoms with Gasteiger partial charge in [-0.1, -0.05) is 38.3 Å². The Morgan fingerprint density at radius 2 is 1.76 bits per heavy atom. The van der Waals surface area contributed by atoms with Crippen molar-refractivity contribution in [1.82, 2.24) is 4.98 Å². The van der Waals surface area contributed by atoms with E-state index in [2.05, 4.69) is 30.1 Å². The first kappa shape index (κ1) is 19.6. The smallest absolute Gasteiger partial charge is 0.335 e. The molecule has 1 aliphatic carbocycles. The van der Waals surface area contributed by atoms with Crippen LogP contribution in [-0.2, 0) is 5.41 Å². The van der Waals surface area contributed by atoms with Crippen LogP contribution in [0.1, 0.15) is 54.9 Å². The predicted octanol–water partition coefficient (Wildman–Crippen LogP) is 6.41. The minimum atomic E-state index is -0.918. The lowest BCUT2D eigenvalue weighted by Gasteiger charge is -2.35. The van der Waals surface area contributed by atoms with Crippen LogP contribution in [0.5, 0.6) is 5.75 Å². The van der Waals surface area contributed by atoms with Crippen molar-refractivity contribution < 1.29 is 14.6 Å². The van der Waals surface area contributed by atoms with Crippen LogP contribution in [0, 0.1) is 0 Å². The van der Waals surface area contributed by atoms with Crippen LogP contribution in [-0.4, -0.2) is 23.2 Å². The fourth-order valence-electron chi connectivity index (χ4n) is 4.23. The van der Waals surface area contributed by atoms with Gasteiger partial charge in [-0.15, -0.1) is 11.3 Å². The first-order valence-corrected chi connectivity index (χ1v) is 10.8. The molecule has 1 heterocycles. The fourth-order valence-corrected chi connectivity index (χ4v) is 5.15. The lowest BCUT2D eigenvalue weighted by molar-refractivity contribution is 0.0697. The average Bonchev–Trinajstić information content (AvgIpc) is 3.24. The monoisotopic (exact) mass is 407 g/mol. The van der Waals surface area contributed by atoms with Gasteiger partial charge in [-0.05, 0) is 54.2 Å². The van der Waals surface area contributed by atoms with E-state index < -0.39 is 5.97 Å². The van der Waals surface area contributed by atoms with Gasteiger partial charge in [0, 0.05) is 17.3 Å². The number of hydrogen-bond donors (Lipinski definition) is 1. The molecule has 4 rings (SSSR count). The number of carboxylic acids is 1. The SMILES string of the molecule is COc1ccc(-c2cnc(-c3ccc(C(=O)O)cc3)s2)cc1C1(C)CCCCC1. The van der Waals surface area contributed by atoms with Crippen molar-refractivity contribution in [3.05, 3.63) is 59.8 Å². The highest BCUT2D eigenvalue weighted by atomic mass is 32.1. The topological polar surface area (TPSA) is 59.4 Å². The molecular weight excluding hydrogens is 382 g/mol. The number of hydrogen-bond acceptors (Lipinski definition) is 4. The van der Waals surface area contributed by atoms with Crippen molar-refractivity contribution in [2.45, 2.75) is 44.4 Å². The number of aromatic nitrogens is 1. The molecule has 29 heavy (non-hydrogen) atoms. The molecule has 0 amide bonds. The summed E-state index contributed by atoms with van der Waals surface area (Å²) >= 11 is 1.62. The van der Waals surface area contributed by atoms with Gasteiger partial charge in [-0.25, -0.2) is 9.78 Å². The normalized spacial score (nSPS) is 15.8. The maximum Gasteiger partial charge on any atom is 0.335 e. The van der Waals surface area contributed by atoms with Gasteiger partial charge in [0.25, 0.3) is 0 Å². The third-order valence-corrected chi connectivity index (χ3v) is 7.07. The lowest BCUT2D eigenvalue weighted by atomic mass is 9.70. The van der Waals surface area contributed by atoms with Gasteiger partial charge in [0.1, 0.15) is 10.8 Å². The van der Waals surface area contributed by atoms with Gasteiger partial charge >= 0.3 is 5.97 Å². The minimum Gasteiger partial charge on any atom is -0.496 e. The van der Waals surface area contributed by atoms with E-state index in [9.17, 15) is 4.79 Å². The van der Waals surface area contributed by atoms with Gasteiger partial charge in [0.05, 0.1) is 17.6 Å². The molecule has 5 heteroatoms. The van der Waals surface area contributed by atoms with Crippen LogP contribution in [0.2, 0.25) is 0 Å². The molecule has 150 valence electrons. The zero-order valence-electron chi connectivity index (χ0n) is 16.8. The number of rotatable bonds is 5. The summed E-state index contributed by atoms with van der Waals surface area (Å²) in [6.07, 6.45) is 8.13. The number of carboxylic acid groups (broad SMARTS) is 1. The molecule has 0 atom stereocenters. The van der Waals surface area contributed by atoms with Crippen LogP contribution in [0.15, 0.2) is 48.7 Å². The second-order valence-corrected chi connectivity index (χ2v) is 8.98. The van der Waals surface area contributed by atoms with Gasteiger partial charge in [-0.3, -0.25) is 0 Å². The van der Waals surface area contributed by atoms with Crippen molar-refractivity contribution in [3.8, 4) is 26.8 Å². The Kier molecular flexibility index (Phi) is 5.41. The van der Waals surface area contributed by atoms with Crippen LogP contribution in [0.3, 0.4) is 0 Å². The Morgan fingerprint density at radius 1 is 1.07 bits per heavy atom. The summed E-state index contributed by atoms with van der Waals surface area (Å²) in [5.74, 6) is 0.0468. The molecule has 0 unspecified atom stereocenters. The number of ether oxygens (including phenoxy) is 1.